The molecular weight excluding hydrogens is 218 g/mol. The minimum absolute atomic E-state index is 0.00957. The van der Waals surface area contributed by atoms with Crippen LogP contribution in [0.2, 0.25) is 0 Å². The summed E-state index contributed by atoms with van der Waals surface area (Å²) in [6, 6.07) is 0. The summed E-state index contributed by atoms with van der Waals surface area (Å²) in [6.07, 6.45) is 0.763. The van der Waals surface area contributed by atoms with Crippen molar-refractivity contribution in [3.8, 4) is 0 Å². The molecule has 0 aromatic carbocycles. The summed E-state index contributed by atoms with van der Waals surface area (Å²) < 4.78 is 5.07. The Bertz CT molecular complexity index is 354. The molecule has 17 heavy (non-hydrogen) atoms. The predicted molar refractivity (Wildman–Crippen MR) is 65.8 cm³/mol. The van der Waals surface area contributed by atoms with Gasteiger partial charge in [0.15, 0.2) is 0 Å². The SMILES string of the molecule is CNCC(C)C(=O)NCCc1c(C)noc1C. The van der Waals surface area contributed by atoms with E-state index >= 15 is 0 Å². The van der Waals surface area contributed by atoms with Gasteiger partial charge in [0.1, 0.15) is 5.76 Å². The molecule has 1 aromatic rings. The molecule has 1 aromatic heterocycles. The zero-order valence-corrected chi connectivity index (χ0v) is 11.0. The average Bonchev–Trinajstić information content (AvgIpc) is 2.60. The number of nitrogens with zero attached hydrogens (tertiary/aromatic N) is 1. The maximum Gasteiger partial charge on any atom is 0.224 e. The van der Waals surface area contributed by atoms with Crippen LogP contribution in [-0.2, 0) is 11.2 Å². The molecule has 1 rings (SSSR count). The number of hydrogen-bond donors (Lipinski definition) is 2. The third kappa shape index (κ3) is 3.85. The van der Waals surface area contributed by atoms with Crippen LogP contribution in [0.15, 0.2) is 4.52 Å². The first-order valence-electron chi connectivity index (χ1n) is 5.90. The second-order valence-electron chi connectivity index (χ2n) is 4.30. The third-order valence-corrected chi connectivity index (χ3v) is 2.81. The number of aromatic nitrogens is 1. The van der Waals surface area contributed by atoms with Crippen LogP contribution in [0.25, 0.3) is 0 Å². The molecule has 0 saturated carbocycles. The van der Waals surface area contributed by atoms with Gasteiger partial charge in [-0.3, -0.25) is 4.79 Å². The van der Waals surface area contributed by atoms with E-state index in [2.05, 4.69) is 15.8 Å². The van der Waals surface area contributed by atoms with Crippen LogP contribution in [0.4, 0.5) is 0 Å². The molecule has 0 aliphatic carbocycles. The fraction of sp³-hybridized carbons (Fsp3) is 0.667. The van der Waals surface area contributed by atoms with Crippen molar-refractivity contribution in [2.24, 2.45) is 5.92 Å². The Morgan fingerprint density at radius 1 is 1.47 bits per heavy atom. The summed E-state index contributed by atoms with van der Waals surface area (Å²) in [7, 11) is 1.84. The molecule has 5 heteroatoms. The molecule has 0 saturated heterocycles. The van der Waals surface area contributed by atoms with E-state index in [0.29, 0.717) is 13.1 Å². The Labute approximate surface area is 102 Å². The molecule has 0 spiro atoms. The molecule has 1 amide bonds. The van der Waals surface area contributed by atoms with Gasteiger partial charge < -0.3 is 15.2 Å². The summed E-state index contributed by atoms with van der Waals surface area (Å²) in [5, 5.41) is 9.78. The number of carbonyl (C=O) groups excluding carboxylic acids is 1. The highest BCUT2D eigenvalue weighted by Gasteiger charge is 2.12. The van der Waals surface area contributed by atoms with Crippen molar-refractivity contribution >= 4 is 5.91 Å². The lowest BCUT2D eigenvalue weighted by Crippen LogP contribution is -2.35. The first-order chi connectivity index (χ1) is 8.06. The molecule has 0 aliphatic heterocycles. The lowest BCUT2D eigenvalue weighted by atomic mass is 10.1. The third-order valence-electron chi connectivity index (χ3n) is 2.81. The quantitative estimate of drug-likeness (QED) is 0.770. The first kappa shape index (κ1) is 13.7. The number of nitrogens with one attached hydrogen (secondary N) is 2. The molecule has 0 bridgehead atoms. The number of hydrogen-bond acceptors (Lipinski definition) is 4. The molecule has 2 N–H and O–H groups in total. The molecule has 1 unspecified atom stereocenters. The Kier molecular flexibility index (Phi) is 5.15. The molecule has 5 nitrogen and oxygen atoms in total. The topological polar surface area (TPSA) is 67.2 Å². The maximum atomic E-state index is 11.6. The van der Waals surface area contributed by atoms with E-state index in [4.69, 9.17) is 4.52 Å². The van der Waals surface area contributed by atoms with Crippen molar-refractivity contribution in [3.05, 3.63) is 17.0 Å². The summed E-state index contributed by atoms with van der Waals surface area (Å²) >= 11 is 0. The van der Waals surface area contributed by atoms with Gasteiger partial charge in [-0.05, 0) is 27.3 Å². The van der Waals surface area contributed by atoms with Gasteiger partial charge in [0, 0.05) is 24.6 Å². The fourth-order valence-corrected chi connectivity index (χ4v) is 1.74. The minimum Gasteiger partial charge on any atom is -0.361 e. The smallest absolute Gasteiger partial charge is 0.224 e. The lowest BCUT2D eigenvalue weighted by Gasteiger charge is -2.11. The summed E-state index contributed by atoms with van der Waals surface area (Å²) in [4.78, 5) is 11.6. The van der Waals surface area contributed by atoms with Crippen molar-refractivity contribution < 1.29 is 9.32 Å². The van der Waals surface area contributed by atoms with E-state index in [-0.39, 0.29) is 11.8 Å². The van der Waals surface area contributed by atoms with Crippen LogP contribution < -0.4 is 10.6 Å². The van der Waals surface area contributed by atoms with Crippen LogP contribution in [-0.4, -0.2) is 31.2 Å². The molecule has 96 valence electrons. The number of aryl methyl sites for hydroxylation is 2. The molecule has 1 heterocycles. The van der Waals surface area contributed by atoms with Gasteiger partial charge in [-0.2, -0.15) is 0 Å². The van der Waals surface area contributed by atoms with Gasteiger partial charge in [0.05, 0.1) is 5.69 Å². The Hall–Kier alpha value is -1.36. The molecule has 1 atom stereocenters. The predicted octanol–water partition coefficient (Wildman–Crippen LogP) is 0.806. The molecular formula is C12H21N3O2. The average molecular weight is 239 g/mol. The van der Waals surface area contributed by atoms with Crippen molar-refractivity contribution in [1.29, 1.82) is 0 Å². The van der Waals surface area contributed by atoms with Crippen molar-refractivity contribution in [3.63, 3.8) is 0 Å². The van der Waals surface area contributed by atoms with Crippen LogP contribution >= 0.6 is 0 Å². The largest absolute Gasteiger partial charge is 0.361 e. The normalized spacial score (nSPS) is 12.5. The molecule has 0 radical (unpaired) electrons. The van der Waals surface area contributed by atoms with Gasteiger partial charge in [-0.15, -0.1) is 0 Å². The van der Waals surface area contributed by atoms with Crippen molar-refractivity contribution in [2.75, 3.05) is 20.1 Å². The Morgan fingerprint density at radius 3 is 2.71 bits per heavy atom. The second kappa shape index (κ2) is 6.39. The van der Waals surface area contributed by atoms with Gasteiger partial charge in [-0.1, -0.05) is 12.1 Å². The Balaban J connectivity index is 2.35. The summed E-state index contributed by atoms with van der Waals surface area (Å²) in [5.74, 6) is 0.899. The minimum atomic E-state index is -0.00957. The fourth-order valence-electron chi connectivity index (χ4n) is 1.74. The molecule has 0 aliphatic rings. The van der Waals surface area contributed by atoms with Gasteiger partial charge >= 0.3 is 0 Å². The summed E-state index contributed by atoms with van der Waals surface area (Å²) in [6.45, 7) is 7.02. The van der Waals surface area contributed by atoms with Gasteiger partial charge in [0.25, 0.3) is 0 Å². The highest BCUT2D eigenvalue weighted by molar-refractivity contribution is 5.78. The summed E-state index contributed by atoms with van der Waals surface area (Å²) in [5.41, 5.74) is 1.99. The van der Waals surface area contributed by atoms with Gasteiger partial charge in [0.2, 0.25) is 5.91 Å². The first-order valence-corrected chi connectivity index (χ1v) is 5.90. The van der Waals surface area contributed by atoms with Crippen LogP contribution in [0.1, 0.15) is 23.9 Å². The van der Waals surface area contributed by atoms with Crippen molar-refractivity contribution in [2.45, 2.75) is 27.2 Å². The van der Waals surface area contributed by atoms with E-state index < -0.39 is 0 Å². The highest BCUT2D eigenvalue weighted by atomic mass is 16.5. The molecule has 0 fully saturated rings. The highest BCUT2D eigenvalue weighted by Crippen LogP contribution is 2.12. The monoisotopic (exact) mass is 239 g/mol. The zero-order chi connectivity index (χ0) is 12.8. The van der Waals surface area contributed by atoms with E-state index in [0.717, 1.165) is 23.4 Å². The second-order valence-corrected chi connectivity index (χ2v) is 4.30. The van der Waals surface area contributed by atoms with E-state index in [1.807, 2.05) is 27.8 Å². The van der Waals surface area contributed by atoms with E-state index in [1.165, 1.54) is 0 Å². The zero-order valence-electron chi connectivity index (χ0n) is 11.0. The van der Waals surface area contributed by atoms with Crippen molar-refractivity contribution in [1.82, 2.24) is 15.8 Å². The standard InChI is InChI=1S/C12H21N3O2/c1-8(7-13-4)12(16)14-6-5-11-9(2)15-17-10(11)3/h8,13H,5-7H2,1-4H3,(H,14,16). The van der Waals surface area contributed by atoms with Crippen LogP contribution in [0, 0.1) is 19.8 Å². The number of rotatable bonds is 6. The lowest BCUT2D eigenvalue weighted by molar-refractivity contribution is -0.124. The maximum absolute atomic E-state index is 11.6. The van der Waals surface area contributed by atoms with Crippen LogP contribution in [0.5, 0.6) is 0 Å². The number of carbonyl (C=O) groups is 1. The van der Waals surface area contributed by atoms with E-state index in [1.54, 1.807) is 0 Å². The van der Waals surface area contributed by atoms with Crippen LogP contribution in [0.3, 0.4) is 0 Å². The van der Waals surface area contributed by atoms with Gasteiger partial charge in [-0.25, -0.2) is 0 Å². The number of amides is 1. The van der Waals surface area contributed by atoms with E-state index in [9.17, 15) is 4.79 Å². The Morgan fingerprint density at radius 2 is 2.18 bits per heavy atom.